The first kappa shape index (κ1) is 20.6. The van der Waals surface area contributed by atoms with Gasteiger partial charge in [-0.2, -0.15) is 0 Å². The summed E-state index contributed by atoms with van der Waals surface area (Å²) in [6.07, 6.45) is 0. The molecule has 1 amide bonds. The molecule has 1 N–H and O–H groups in total. The van der Waals surface area contributed by atoms with E-state index >= 15 is 0 Å². The van der Waals surface area contributed by atoms with Crippen molar-refractivity contribution in [1.29, 1.82) is 0 Å². The van der Waals surface area contributed by atoms with Crippen LogP contribution in [0.15, 0.2) is 52.1 Å². The number of carbonyl (C=O) groups is 2. The molecule has 0 saturated carbocycles. The van der Waals surface area contributed by atoms with Crippen LogP contribution in [0.5, 0.6) is 0 Å². The summed E-state index contributed by atoms with van der Waals surface area (Å²) in [6.45, 7) is 6.22. The number of anilines is 1. The van der Waals surface area contributed by atoms with Crippen LogP contribution < -0.4 is 16.0 Å². The Morgan fingerprint density at radius 1 is 0.935 bits per heavy atom. The average Bonchev–Trinajstić information content (AvgIpc) is 2.79. The maximum atomic E-state index is 13.0. The number of hydrogen-bond acceptors (Lipinski definition) is 5. The van der Waals surface area contributed by atoms with Crippen molar-refractivity contribution in [3.05, 3.63) is 74.3 Å². The van der Waals surface area contributed by atoms with Crippen LogP contribution in [0, 0.1) is 0 Å². The van der Waals surface area contributed by atoms with E-state index in [1.54, 1.807) is 36.9 Å². The molecule has 0 bridgehead atoms. The maximum Gasteiger partial charge on any atom is 0.316 e. The van der Waals surface area contributed by atoms with Crippen LogP contribution in [0.4, 0.5) is 5.69 Å². The summed E-state index contributed by atoms with van der Waals surface area (Å²) in [7, 11) is 0. The number of piperazine rings is 1. The van der Waals surface area contributed by atoms with E-state index in [1.807, 2.05) is 24.3 Å². The highest BCUT2D eigenvalue weighted by Gasteiger charge is 2.23. The lowest BCUT2D eigenvalue weighted by Crippen LogP contribution is -2.48. The number of Topliss-reactive ketones (excluding diaryl/α,β-unsaturated/α-hetero) is 1. The second-order valence-electron chi connectivity index (χ2n) is 7.62. The molecule has 1 aliphatic rings. The molecule has 160 valence electrons. The Labute approximate surface area is 178 Å². The van der Waals surface area contributed by atoms with Crippen molar-refractivity contribution in [2.45, 2.75) is 20.4 Å². The van der Waals surface area contributed by atoms with Crippen LogP contribution in [0.1, 0.15) is 34.6 Å². The molecule has 4 rings (SSSR count). The van der Waals surface area contributed by atoms with E-state index < -0.39 is 11.1 Å². The van der Waals surface area contributed by atoms with Gasteiger partial charge in [0.1, 0.15) is 0 Å². The highest BCUT2D eigenvalue weighted by molar-refractivity contribution is 5.97. The number of ketones is 1. The number of fused-ring (bicyclic) bond motifs is 1. The van der Waals surface area contributed by atoms with Crippen molar-refractivity contribution >= 4 is 28.4 Å². The van der Waals surface area contributed by atoms with Crippen molar-refractivity contribution in [2.75, 3.05) is 31.1 Å². The maximum absolute atomic E-state index is 13.0. The molecule has 0 radical (unpaired) electrons. The number of nitrogens with one attached hydrogen (secondary N) is 1. The number of carbonyl (C=O) groups excluding carboxylic acids is 2. The Bertz CT molecular complexity index is 1270. The van der Waals surface area contributed by atoms with Crippen molar-refractivity contribution < 1.29 is 9.59 Å². The lowest BCUT2D eigenvalue weighted by Gasteiger charge is -2.36. The Morgan fingerprint density at radius 3 is 2.19 bits per heavy atom. The number of nitrogens with zero attached hydrogens (tertiary/aromatic N) is 3. The second kappa shape index (κ2) is 8.22. The van der Waals surface area contributed by atoms with E-state index in [4.69, 9.17) is 0 Å². The monoisotopic (exact) mass is 420 g/mol. The zero-order valence-electron chi connectivity index (χ0n) is 17.6. The van der Waals surface area contributed by atoms with Crippen molar-refractivity contribution in [2.24, 2.45) is 0 Å². The van der Waals surface area contributed by atoms with E-state index in [9.17, 15) is 19.2 Å². The first-order valence-electron chi connectivity index (χ1n) is 10.3. The number of aromatic nitrogens is 2. The van der Waals surface area contributed by atoms with Crippen LogP contribution in [0.3, 0.4) is 0 Å². The summed E-state index contributed by atoms with van der Waals surface area (Å²) in [5.41, 5.74) is 1.97. The third-order valence-corrected chi connectivity index (χ3v) is 5.74. The molecule has 3 aromatic rings. The van der Waals surface area contributed by atoms with Gasteiger partial charge in [-0.25, -0.2) is 0 Å². The van der Waals surface area contributed by atoms with Gasteiger partial charge >= 0.3 is 11.1 Å². The Kier molecular flexibility index (Phi) is 5.46. The van der Waals surface area contributed by atoms with Gasteiger partial charge in [0.2, 0.25) is 0 Å². The SMILES string of the molecule is CCn1c(=O)c(=O)[nH]c2cc(C(=O)N3CCN(c4ccc(C(C)=O)cc4)CC3)ccc21. The van der Waals surface area contributed by atoms with E-state index in [0.717, 1.165) is 5.69 Å². The zero-order valence-corrected chi connectivity index (χ0v) is 17.6. The van der Waals surface area contributed by atoms with Gasteiger partial charge in [-0.15, -0.1) is 0 Å². The first-order chi connectivity index (χ1) is 14.9. The van der Waals surface area contributed by atoms with Gasteiger partial charge in [0.05, 0.1) is 11.0 Å². The van der Waals surface area contributed by atoms with Gasteiger partial charge < -0.3 is 19.4 Å². The number of aromatic amines is 1. The molecule has 1 aromatic heterocycles. The van der Waals surface area contributed by atoms with Crippen LogP contribution in [-0.2, 0) is 6.54 Å². The lowest BCUT2D eigenvalue weighted by atomic mass is 10.1. The third kappa shape index (κ3) is 3.88. The quantitative estimate of drug-likeness (QED) is 0.514. The second-order valence-corrected chi connectivity index (χ2v) is 7.62. The van der Waals surface area contributed by atoms with Gasteiger partial charge in [-0.3, -0.25) is 19.2 Å². The fourth-order valence-corrected chi connectivity index (χ4v) is 3.98. The molecule has 1 fully saturated rings. The van der Waals surface area contributed by atoms with Gasteiger partial charge in [0.25, 0.3) is 5.91 Å². The number of benzene rings is 2. The number of H-pyrrole nitrogens is 1. The molecule has 0 unspecified atom stereocenters. The van der Waals surface area contributed by atoms with Gasteiger partial charge in [0.15, 0.2) is 5.78 Å². The van der Waals surface area contributed by atoms with Gasteiger partial charge in [-0.1, -0.05) is 0 Å². The Balaban J connectivity index is 1.50. The molecule has 2 aromatic carbocycles. The summed E-state index contributed by atoms with van der Waals surface area (Å²) < 4.78 is 1.40. The predicted molar refractivity (Wildman–Crippen MR) is 119 cm³/mol. The Hall–Kier alpha value is -3.68. The largest absolute Gasteiger partial charge is 0.368 e. The highest BCUT2D eigenvalue weighted by Crippen LogP contribution is 2.19. The number of rotatable bonds is 4. The molecule has 1 aliphatic heterocycles. The third-order valence-electron chi connectivity index (χ3n) is 5.74. The van der Waals surface area contributed by atoms with Crippen molar-refractivity contribution in [1.82, 2.24) is 14.5 Å². The number of amides is 1. The van der Waals surface area contributed by atoms with E-state index in [1.165, 1.54) is 4.57 Å². The summed E-state index contributed by atoms with van der Waals surface area (Å²) in [6, 6.07) is 12.5. The normalized spacial score (nSPS) is 14.1. The average molecular weight is 420 g/mol. The lowest BCUT2D eigenvalue weighted by molar-refractivity contribution is 0.0746. The molecule has 31 heavy (non-hydrogen) atoms. The molecule has 1 saturated heterocycles. The molecule has 2 heterocycles. The summed E-state index contributed by atoms with van der Waals surface area (Å²) >= 11 is 0. The number of aryl methyl sites for hydroxylation is 1. The topological polar surface area (TPSA) is 95.5 Å². The van der Waals surface area contributed by atoms with Crippen LogP contribution in [0.25, 0.3) is 11.0 Å². The Morgan fingerprint density at radius 2 is 1.58 bits per heavy atom. The molecule has 0 aliphatic carbocycles. The first-order valence-corrected chi connectivity index (χ1v) is 10.3. The van der Waals surface area contributed by atoms with Crippen LogP contribution in [-0.4, -0.2) is 52.3 Å². The number of hydrogen-bond donors (Lipinski definition) is 1. The van der Waals surface area contributed by atoms with Gasteiger partial charge in [-0.05, 0) is 56.3 Å². The minimum Gasteiger partial charge on any atom is -0.368 e. The highest BCUT2D eigenvalue weighted by atomic mass is 16.2. The molecule has 8 nitrogen and oxygen atoms in total. The van der Waals surface area contributed by atoms with Gasteiger partial charge in [0, 0.05) is 49.5 Å². The van der Waals surface area contributed by atoms with Crippen molar-refractivity contribution in [3.63, 3.8) is 0 Å². The van der Waals surface area contributed by atoms with E-state index in [-0.39, 0.29) is 11.7 Å². The zero-order chi connectivity index (χ0) is 22.1. The minimum absolute atomic E-state index is 0.0367. The van der Waals surface area contributed by atoms with E-state index in [0.29, 0.717) is 54.9 Å². The molecule has 8 heteroatoms. The molecular formula is C23H24N4O4. The fraction of sp³-hybridized carbons (Fsp3) is 0.304. The minimum atomic E-state index is -0.691. The summed E-state index contributed by atoms with van der Waals surface area (Å²) in [5.74, 6) is -0.0711. The summed E-state index contributed by atoms with van der Waals surface area (Å²) in [4.78, 5) is 54.9. The molecule has 0 spiro atoms. The standard InChI is InChI=1S/C23H24N4O4/c1-3-27-20-9-6-17(14-19(20)24-21(29)23(27)31)22(30)26-12-10-25(11-13-26)18-7-4-16(5-8-18)15(2)28/h4-9,14H,3,10-13H2,1-2H3,(H,24,29). The molecule has 0 atom stereocenters. The fourth-order valence-electron chi connectivity index (χ4n) is 3.98. The molecular weight excluding hydrogens is 396 g/mol. The predicted octanol–water partition coefficient (Wildman–Crippen LogP) is 1.87. The van der Waals surface area contributed by atoms with Crippen LogP contribution >= 0.6 is 0 Å². The smallest absolute Gasteiger partial charge is 0.316 e. The van der Waals surface area contributed by atoms with E-state index in [2.05, 4.69) is 9.88 Å². The van der Waals surface area contributed by atoms with Crippen molar-refractivity contribution in [3.8, 4) is 0 Å². The van der Waals surface area contributed by atoms with Crippen LogP contribution in [0.2, 0.25) is 0 Å². The summed E-state index contributed by atoms with van der Waals surface area (Å²) in [5, 5.41) is 0.